The van der Waals surface area contributed by atoms with Gasteiger partial charge >= 0.3 is 0 Å². The molecule has 14 heavy (non-hydrogen) atoms. The molecule has 0 spiro atoms. The first kappa shape index (κ1) is 9.97. The van der Waals surface area contributed by atoms with E-state index < -0.39 is 0 Å². The Morgan fingerprint density at radius 2 is 2.21 bits per heavy atom. The van der Waals surface area contributed by atoms with Crippen molar-refractivity contribution in [3.05, 3.63) is 0 Å². The van der Waals surface area contributed by atoms with Crippen LogP contribution < -0.4 is 5.32 Å². The van der Waals surface area contributed by atoms with E-state index in [1.807, 2.05) is 4.90 Å². The van der Waals surface area contributed by atoms with Crippen molar-refractivity contribution in [2.45, 2.75) is 38.6 Å². The molecule has 3 nitrogen and oxygen atoms in total. The van der Waals surface area contributed by atoms with E-state index in [1.54, 1.807) is 0 Å². The lowest BCUT2D eigenvalue weighted by Gasteiger charge is -2.27. The minimum atomic E-state index is 0.119. The smallest absolute Gasteiger partial charge is 0.239 e. The summed E-state index contributed by atoms with van der Waals surface area (Å²) in [6.45, 7) is 5.18. The number of rotatable bonds is 1. The third kappa shape index (κ3) is 2.08. The Bertz CT molecular complexity index is 205. The monoisotopic (exact) mass is 196 g/mol. The van der Waals surface area contributed by atoms with Crippen LogP contribution in [0.4, 0.5) is 0 Å². The number of hydrogen-bond donors (Lipinski definition) is 1. The van der Waals surface area contributed by atoms with E-state index in [1.165, 1.54) is 19.3 Å². The van der Waals surface area contributed by atoms with Crippen LogP contribution in [0.1, 0.15) is 32.6 Å². The van der Waals surface area contributed by atoms with Crippen LogP contribution in [0.15, 0.2) is 0 Å². The molecule has 2 heterocycles. The SMILES string of the molecule is CC1CCN(C(=O)[C@H]2CCCCN2)C1. The number of amides is 1. The average Bonchev–Trinajstić information content (AvgIpc) is 2.65. The van der Waals surface area contributed by atoms with Gasteiger partial charge in [-0.25, -0.2) is 0 Å². The van der Waals surface area contributed by atoms with Gasteiger partial charge < -0.3 is 10.2 Å². The number of carbonyl (C=O) groups is 1. The number of hydrogen-bond acceptors (Lipinski definition) is 2. The lowest BCUT2D eigenvalue weighted by atomic mass is 10.0. The van der Waals surface area contributed by atoms with Crippen LogP contribution in [0.25, 0.3) is 0 Å². The van der Waals surface area contributed by atoms with Gasteiger partial charge in [-0.3, -0.25) is 4.79 Å². The van der Waals surface area contributed by atoms with Crippen molar-refractivity contribution in [2.75, 3.05) is 19.6 Å². The summed E-state index contributed by atoms with van der Waals surface area (Å²) in [5.41, 5.74) is 0. The summed E-state index contributed by atoms with van der Waals surface area (Å²) in [6, 6.07) is 0.119. The van der Waals surface area contributed by atoms with Gasteiger partial charge in [0.2, 0.25) is 5.91 Å². The fourth-order valence-electron chi connectivity index (χ4n) is 2.42. The first-order valence-electron chi connectivity index (χ1n) is 5.79. The van der Waals surface area contributed by atoms with Gasteiger partial charge in [0.15, 0.2) is 0 Å². The zero-order valence-electron chi connectivity index (χ0n) is 8.96. The van der Waals surface area contributed by atoms with Gasteiger partial charge in [-0.2, -0.15) is 0 Å². The molecule has 2 fully saturated rings. The van der Waals surface area contributed by atoms with Crippen LogP contribution >= 0.6 is 0 Å². The van der Waals surface area contributed by atoms with E-state index in [-0.39, 0.29) is 6.04 Å². The highest BCUT2D eigenvalue weighted by Crippen LogP contribution is 2.18. The minimum absolute atomic E-state index is 0.119. The van der Waals surface area contributed by atoms with Crippen LogP contribution in [-0.2, 0) is 4.79 Å². The van der Waals surface area contributed by atoms with Crippen molar-refractivity contribution >= 4 is 5.91 Å². The minimum Gasteiger partial charge on any atom is -0.341 e. The van der Waals surface area contributed by atoms with Gasteiger partial charge in [-0.15, -0.1) is 0 Å². The first-order chi connectivity index (χ1) is 6.77. The van der Waals surface area contributed by atoms with Crippen molar-refractivity contribution in [1.29, 1.82) is 0 Å². The topological polar surface area (TPSA) is 32.3 Å². The fraction of sp³-hybridized carbons (Fsp3) is 0.909. The van der Waals surface area contributed by atoms with E-state index in [9.17, 15) is 4.79 Å². The molecule has 3 heteroatoms. The summed E-state index contributed by atoms with van der Waals surface area (Å²) in [7, 11) is 0. The lowest BCUT2D eigenvalue weighted by molar-refractivity contribution is -0.133. The Labute approximate surface area is 85.8 Å². The van der Waals surface area contributed by atoms with Crippen molar-refractivity contribution in [2.24, 2.45) is 5.92 Å². The molecule has 80 valence electrons. The predicted molar refractivity (Wildman–Crippen MR) is 56.0 cm³/mol. The standard InChI is InChI=1S/C11H20N2O/c1-9-5-7-13(8-9)11(14)10-4-2-3-6-12-10/h9-10,12H,2-8H2,1H3/t9?,10-/m1/s1. The average molecular weight is 196 g/mol. The maximum atomic E-state index is 12.0. The van der Waals surface area contributed by atoms with Crippen LogP contribution in [0.2, 0.25) is 0 Å². The zero-order valence-corrected chi connectivity index (χ0v) is 8.96. The predicted octanol–water partition coefficient (Wildman–Crippen LogP) is 0.997. The second kappa shape index (κ2) is 4.30. The molecule has 2 aliphatic rings. The highest BCUT2D eigenvalue weighted by molar-refractivity contribution is 5.82. The largest absolute Gasteiger partial charge is 0.341 e. The molecule has 0 aromatic heterocycles. The van der Waals surface area contributed by atoms with Gasteiger partial charge in [0.25, 0.3) is 0 Å². The Hall–Kier alpha value is -0.570. The van der Waals surface area contributed by atoms with Gasteiger partial charge in [0, 0.05) is 13.1 Å². The molecule has 0 aromatic carbocycles. The number of likely N-dealkylation sites (tertiary alicyclic amines) is 1. The molecule has 2 atom stereocenters. The Kier molecular flexibility index (Phi) is 3.06. The zero-order chi connectivity index (χ0) is 9.97. The summed E-state index contributed by atoms with van der Waals surface area (Å²) in [5, 5.41) is 3.32. The molecule has 1 N–H and O–H groups in total. The Balaban J connectivity index is 1.87. The Morgan fingerprint density at radius 3 is 2.79 bits per heavy atom. The van der Waals surface area contributed by atoms with Crippen LogP contribution in [-0.4, -0.2) is 36.5 Å². The van der Waals surface area contributed by atoms with E-state index in [4.69, 9.17) is 0 Å². The second-order valence-corrected chi connectivity index (χ2v) is 4.68. The molecule has 2 aliphatic heterocycles. The summed E-state index contributed by atoms with van der Waals surface area (Å²) in [5.74, 6) is 1.04. The van der Waals surface area contributed by atoms with E-state index in [0.717, 1.165) is 26.1 Å². The molecule has 1 unspecified atom stereocenters. The van der Waals surface area contributed by atoms with Crippen LogP contribution in [0.3, 0.4) is 0 Å². The van der Waals surface area contributed by atoms with Crippen molar-refractivity contribution < 1.29 is 4.79 Å². The fourth-order valence-corrected chi connectivity index (χ4v) is 2.42. The molecule has 2 saturated heterocycles. The normalized spacial score (nSPS) is 33.4. The quantitative estimate of drug-likeness (QED) is 0.678. The summed E-state index contributed by atoms with van der Waals surface area (Å²) in [4.78, 5) is 14.0. The maximum Gasteiger partial charge on any atom is 0.239 e. The van der Waals surface area contributed by atoms with Crippen molar-refractivity contribution in [1.82, 2.24) is 10.2 Å². The maximum absolute atomic E-state index is 12.0. The Morgan fingerprint density at radius 1 is 1.36 bits per heavy atom. The van der Waals surface area contributed by atoms with Crippen LogP contribution in [0, 0.1) is 5.92 Å². The number of nitrogens with one attached hydrogen (secondary N) is 1. The molecule has 0 aromatic rings. The highest BCUT2D eigenvalue weighted by atomic mass is 16.2. The van der Waals surface area contributed by atoms with Crippen molar-refractivity contribution in [3.8, 4) is 0 Å². The van der Waals surface area contributed by atoms with Crippen LogP contribution in [0.5, 0.6) is 0 Å². The van der Waals surface area contributed by atoms with Gasteiger partial charge in [-0.05, 0) is 31.7 Å². The summed E-state index contributed by atoms with van der Waals surface area (Å²) in [6.07, 6.45) is 4.63. The van der Waals surface area contributed by atoms with Gasteiger partial charge in [0.05, 0.1) is 6.04 Å². The molecule has 0 saturated carbocycles. The molecular weight excluding hydrogens is 176 g/mol. The van der Waals surface area contributed by atoms with Crippen molar-refractivity contribution in [3.63, 3.8) is 0 Å². The third-order valence-electron chi connectivity index (χ3n) is 3.34. The summed E-state index contributed by atoms with van der Waals surface area (Å²) >= 11 is 0. The molecule has 1 amide bonds. The lowest BCUT2D eigenvalue weighted by Crippen LogP contribution is -2.47. The van der Waals surface area contributed by atoms with E-state index >= 15 is 0 Å². The molecular formula is C11H20N2O. The third-order valence-corrected chi connectivity index (χ3v) is 3.34. The van der Waals surface area contributed by atoms with E-state index in [0.29, 0.717) is 11.8 Å². The number of carbonyl (C=O) groups excluding carboxylic acids is 1. The van der Waals surface area contributed by atoms with E-state index in [2.05, 4.69) is 12.2 Å². The number of nitrogens with zero attached hydrogens (tertiary/aromatic N) is 1. The van der Waals surface area contributed by atoms with Gasteiger partial charge in [-0.1, -0.05) is 13.3 Å². The second-order valence-electron chi connectivity index (χ2n) is 4.68. The first-order valence-corrected chi connectivity index (χ1v) is 5.79. The molecule has 2 rings (SSSR count). The highest BCUT2D eigenvalue weighted by Gasteiger charge is 2.29. The van der Waals surface area contributed by atoms with Gasteiger partial charge in [0.1, 0.15) is 0 Å². The summed E-state index contributed by atoms with van der Waals surface area (Å²) < 4.78 is 0. The molecule has 0 aliphatic carbocycles. The molecule has 0 bridgehead atoms. The number of piperidine rings is 1. The molecule has 0 radical (unpaired) electrons.